The van der Waals surface area contributed by atoms with E-state index in [0.717, 1.165) is 0 Å². The number of carbonyl (C=O) groups is 1. The molecule has 0 radical (unpaired) electrons. The molecule has 0 heterocycles. The summed E-state index contributed by atoms with van der Waals surface area (Å²) in [6, 6.07) is 16.8. The van der Waals surface area contributed by atoms with E-state index in [1.165, 1.54) is 32.7 Å². The van der Waals surface area contributed by atoms with Crippen LogP contribution in [0.5, 0.6) is 0 Å². The average molecular weight is 307 g/mol. The summed E-state index contributed by atoms with van der Waals surface area (Å²) in [6.45, 7) is 2.44. The lowest BCUT2D eigenvalue weighted by Gasteiger charge is -2.14. The van der Waals surface area contributed by atoms with Crippen molar-refractivity contribution >= 4 is 27.5 Å². The van der Waals surface area contributed by atoms with Gasteiger partial charge in [0.1, 0.15) is 0 Å². The Balaban J connectivity index is 2.06. The van der Waals surface area contributed by atoms with Crippen molar-refractivity contribution in [2.45, 2.75) is 19.8 Å². The lowest BCUT2D eigenvalue weighted by molar-refractivity contribution is -0.121. The Bertz CT molecular complexity index is 798. The fourth-order valence-electron chi connectivity index (χ4n) is 3.23. The van der Waals surface area contributed by atoms with Crippen LogP contribution < -0.4 is 5.32 Å². The Morgan fingerprint density at radius 3 is 2.00 bits per heavy atom. The van der Waals surface area contributed by atoms with E-state index < -0.39 is 0 Å². The van der Waals surface area contributed by atoms with E-state index in [2.05, 4.69) is 48.6 Å². The number of amides is 1. The van der Waals surface area contributed by atoms with Gasteiger partial charge in [0.25, 0.3) is 0 Å². The van der Waals surface area contributed by atoms with Crippen molar-refractivity contribution in [1.29, 1.82) is 0 Å². The van der Waals surface area contributed by atoms with Gasteiger partial charge >= 0.3 is 0 Å². The SMILES string of the molecule is Cc1c2ccccc2c(CCC(=O)NCCO)c2ccccc12. The van der Waals surface area contributed by atoms with Crippen LogP contribution in [0.15, 0.2) is 48.5 Å². The van der Waals surface area contributed by atoms with Gasteiger partial charge in [-0.2, -0.15) is 0 Å². The number of hydrogen-bond donors (Lipinski definition) is 2. The average Bonchev–Trinajstić information content (AvgIpc) is 2.60. The van der Waals surface area contributed by atoms with Crippen LogP contribution in [0, 0.1) is 6.92 Å². The van der Waals surface area contributed by atoms with Gasteiger partial charge in [-0.05, 0) is 46.0 Å². The van der Waals surface area contributed by atoms with Crippen molar-refractivity contribution in [2.75, 3.05) is 13.2 Å². The van der Waals surface area contributed by atoms with E-state index in [9.17, 15) is 4.79 Å². The van der Waals surface area contributed by atoms with Crippen molar-refractivity contribution in [2.24, 2.45) is 0 Å². The van der Waals surface area contributed by atoms with Gasteiger partial charge in [-0.15, -0.1) is 0 Å². The van der Waals surface area contributed by atoms with Crippen molar-refractivity contribution in [3.05, 3.63) is 59.7 Å². The Morgan fingerprint density at radius 2 is 1.48 bits per heavy atom. The molecule has 0 aliphatic rings. The van der Waals surface area contributed by atoms with E-state index in [1.807, 2.05) is 12.1 Å². The van der Waals surface area contributed by atoms with Crippen LogP contribution in [0.4, 0.5) is 0 Å². The standard InChI is InChI=1S/C20H21NO2/c1-14-15-6-2-4-8-17(15)19(10-11-20(23)21-12-13-22)18-9-5-3-7-16(14)18/h2-9,22H,10-13H2,1H3,(H,21,23). The van der Waals surface area contributed by atoms with Gasteiger partial charge in [0, 0.05) is 13.0 Å². The summed E-state index contributed by atoms with van der Waals surface area (Å²) >= 11 is 0. The van der Waals surface area contributed by atoms with E-state index in [-0.39, 0.29) is 12.5 Å². The molecule has 118 valence electrons. The second-order valence-corrected chi connectivity index (χ2v) is 5.77. The van der Waals surface area contributed by atoms with Crippen LogP contribution in [0.25, 0.3) is 21.5 Å². The first-order valence-electron chi connectivity index (χ1n) is 7.99. The van der Waals surface area contributed by atoms with Crippen LogP contribution in [0.1, 0.15) is 17.5 Å². The number of rotatable bonds is 5. The number of carbonyl (C=O) groups excluding carboxylic acids is 1. The second kappa shape index (κ2) is 6.80. The van der Waals surface area contributed by atoms with Gasteiger partial charge in [0.15, 0.2) is 0 Å². The van der Waals surface area contributed by atoms with Gasteiger partial charge in [-0.3, -0.25) is 4.79 Å². The Hall–Kier alpha value is -2.39. The lowest BCUT2D eigenvalue weighted by atomic mass is 9.90. The molecule has 1 amide bonds. The molecule has 0 saturated carbocycles. The van der Waals surface area contributed by atoms with Crippen LogP contribution in [-0.4, -0.2) is 24.2 Å². The monoisotopic (exact) mass is 307 g/mol. The molecule has 3 heteroatoms. The quantitative estimate of drug-likeness (QED) is 0.710. The predicted molar refractivity (Wildman–Crippen MR) is 94.6 cm³/mol. The van der Waals surface area contributed by atoms with Crippen molar-refractivity contribution < 1.29 is 9.90 Å². The summed E-state index contributed by atoms with van der Waals surface area (Å²) < 4.78 is 0. The molecule has 2 N–H and O–H groups in total. The number of hydrogen-bond acceptors (Lipinski definition) is 2. The van der Waals surface area contributed by atoms with Crippen molar-refractivity contribution in [3.8, 4) is 0 Å². The maximum atomic E-state index is 11.9. The fourth-order valence-corrected chi connectivity index (χ4v) is 3.23. The molecule has 3 aromatic rings. The summed E-state index contributed by atoms with van der Waals surface area (Å²) in [5, 5.41) is 16.5. The Morgan fingerprint density at radius 1 is 0.957 bits per heavy atom. The molecule has 0 atom stereocenters. The van der Waals surface area contributed by atoms with Crippen molar-refractivity contribution in [1.82, 2.24) is 5.32 Å². The highest BCUT2D eigenvalue weighted by molar-refractivity contribution is 6.05. The largest absolute Gasteiger partial charge is 0.395 e. The van der Waals surface area contributed by atoms with Crippen LogP contribution in [0.3, 0.4) is 0 Å². The molecular formula is C20H21NO2. The fraction of sp³-hybridized carbons (Fsp3) is 0.250. The van der Waals surface area contributed by atoms with E-state index >= 15 is 0 Å². The molecule has 0 bridgehead atoms. The number of aryl methyl sites for hydroxylation is 2. The maximum absolute atomic E-state index is 11.9. The molecule has 0 fully saturated rings. The molecule has 3 aromatic carbocycles. The summed E-state index contributed by atoms with van der Waals surface area (Å²) in [6.07, 6.45) is 1.12. The minimum atomic E-state index is -0.0257. The highest BCUT2D eigenvalue weighted by atomic mass is 16.3. The molecule has 0 aromatic heterocycles. The van der Waals surface area contributed by atoms with Gasteiger partial charge in [0.05, 0.1) is 6.61 Å². The van der Waals surface area contributed by atoms with E-state index in [4.69, 9.17) is 5.11 Å². The van der Waals surface area contributed by atoms with Gasteiger partial charge < -0.3 is 10.4 Å². The molecule has 0 unspecified atom stereocenters. The normalized spacial score (nSPS) is 11.0. The summed E-state index contributed by atoms with van der Waals surface area (Å²) in [5.74, 6) is -0.0206. The molecular weight excluding hydrogens is 286 g/mol. The first-order valence-corrected chi connectivity index (χ1v) is 7.99. The van der Waals surface area contributed by atoms with E-state index in [0.29, 0.717) is 19.4 Å². The first kappa shape index (κ1) is 15.5. The predicted octanol–water partition coefficient (Wildman–Crippen LogP) is 3.34. The van der Waals surface area contributed by atoms with Gasteiger partial charge in [0.2, 0.25) is 5.91 Å². The smallest absolute Gasteiger partial charge is 0.220 e. The highest BCUT2D eigenvalue weighted by Gasteiger charge is 2.12. The molecule has 23 heavy (non-hydrogen) atoms. The third-order valence-electron chi connectivity index (χ3n) is 4.35. The zero-order valence-electron chi connectivity index (χ0n) is 13.3. The third-order valence-corrected chi connectivity index (χ3v) is 4.35. The highest BCUT2D eigenvalue weighted by Crippen LogP contribution is 2.33. The van der Waals surface area contributed by atoms with Crippen LogP contribution in [0.2, 0.25) is 0 Å². The van der Waals surface area contributed by atoms with E-state index in [1.54, 1.807) is 0 Å². The lowest BCUT2D eigenvalue weighted by Crippen LogP contribution is -2.26. The summed E-state index contributed by atoms with van der Waals surface area (Å²) in [7, 11) is 0. The number of benzene rings is 3. The molecule has 0 aliphatic heterocycles. The number of fused-ring (bicyclic) bond motifs is 2. The van der Waals surface area contributed by atoms with Gasteiger partial charge in [-0.1, -0.05) is 48.5 Å². The van der Waals surface area contributed by atoms with Gasteiger partial charge in [-0.25, -0.2) is 0 Å². The topological polar surface area (TPSA) is 49.3 Å². The summed E-state index contributed by atoms with van der Waals surface area (Å²) in [5.41, 5.74) is 2.51. The molecule has 3 rings (SSSR count). The number of aliphatic hydroxyl groups excluding tert-OH is 1. The minimum absolute atomic E-state index is 0.0206. The molecule has 0 saturated heterocycles. The zero-order valence-corrected chi connectivity index (χ0v) is 13.3. The second-order valence-electron chi connectivity index (χ2n) is 5.77. The Kier molecular flexibility index (Phi) is 4.58. The molecule has 0 aliphatic carbocycles. The number of aliphatic hydroxyl groups is 1. The third kappa shape index (κ3) is 3.06. The zero-order chi connectivity index (χ0) is 16.2. The number of nitrogens with one attached hydrogen (secondary N) is 1. The van der Waals surface area contributed by atoms with Crippen LogP contribution >= 0.6 is 0 Å². The van der Waals surface area contributed by atoms with Crippen LogP contribution in [-0.2, 0) is 11.2 Å². The molecule has 0 spiro atoms. The minimum Gasteiger partial charge on any atom is -0.395 e. The summed E-state index contributed by atoms with van der Waals surface area (Å²) in [4.78, 5) is 11.9. The molecule has 3 nitrogen and oxygen atoms in total. The van der Waals surface area contributed by atoms with Crippen molar-refractivity contribution in [3.63, 3.8) is 0 Å². The first-order chi connectivity index (χ1) is 11.2. The Labute approximate surface area is 135 Å². The maximum Gasteiger partial charge on any atom is 0.220 e.